The molecular formula is C16H14BrClN2O. The maximum absolute atomic E-state index is 6.08. The Bertz CT molecular complexity index is 813. The van der Waals surface area contributed by atoms with Crippen LogP contribution in [0.1, 0.15) is 11.4 Å². The summed E-state index contributed by atoms with van der Waals surface area (Å²) in [7, 11) is 1.65. The number of benzene rings is 2. The fourth-order valence-corrected chi connectivity index (χ4v) is 3.21. The summed E-state index contributed by atoms with van der Waals surface area (Å²) in [6.45, 7) is 2.08. The smallest absolute Gasteiger partial charge is 0.133 e. The Morgan fingerprint density at radius 3 is 2.76 bits per heavy atom. The Morgan fingerprint density at radius 1 is 1.29 bits per heavy atom. The van der Waals surface area contributed by atoms with E-state index in [9.17, 15) is 0 Å². The van der Waals surface area contributed by atoms with Crippen molar-refractivity contribution in [2.45, 2.75) is 12.8 Å². The molecule has 0 saturated carbocycles. The lowest BCUT2D eigenvalue weighted by Crippen LogP contribution is -2.00. The van der Waals surface area contributed by atoms with Crippen molar-refractivity contribution in [3.05, 3.63) is 52.3 Å². The Hall–Kier alpha value is -1.52. The predicted molar refractivity (Wildman–Crippen MR) is 89.6 cm³/mol. The number of nitrogens with zero attached hydrogens (tertiary/aromatic N) is 2. The number of rotatable bonds is 3. The number of methoxy groups -OCH3 is 1. The highest BCUT2D eigenvalue weighted by molar-refractivity contribution is 9.10. The molecule has 3 rings (SSSR count). The van der Waals surface area contributed by atoms with Crippen molar-refractivity contribution in [2.75, 3.05) is 7.11 Å². The van der Waals surface area contributed by atoms with Crippen LogP contribution in [0.5, 0.6) is 5.75 Å². The van der Waals surface area contributed by atoms with Crippen molar-refractivity contribution in [3.8, 4) is 11.4 Å². The molecule has 0 bridgehead atoms. The lowest BCUT2D eigenvalue weighted by molar-refractivity contribution is 0.412. The first-order chi connectivity index (χ1) is 10.2. The van der Waals surface area contributed by atoms with Gasteiger partial charge in [-0.1, -0.05) is 12.1 Å². The third-order valence-corrected chi connectivity index (χ3v) is 4.32. The summed E-state index contributed by atoms with van der Waals surface area (Å²) < 4.78 is 8.29. The van der Waals surface area contributed by atoms with E-state index in [0.717, 1.165) is 32.8 Å². The fourth-order valence-electron chi connectivity index (χ4n) is 2.50. The van der Waals surface area contributed by atoms with E-state index in [1.165, 1.54) is 5.56 Å². The van der Waals surface area contributed by atoms with Crippen molar-refractivity contribution in [3.63, 3.8) is 0 Å². The summed E-state index contributed by atoms with van der Waals surface area (Å²) in [5.41, 5.74) is 4.22. The molecule has 0 fully saturated rings. The predicted octanol–water partition coefficient (Wildman–Crippen LogP) is 4.84. The van der Waals surface area contributed by atoms with E-state index in [1.807, 2.05) is 30.3 Å². The van der Waals surface area contributed by atoms with Crippen molar-refractivity contribution in [2.24, 2.45) is 0 Å². The average molecular weight is 366 g/mol. The molecule has 0 atom stereocenters. The molecule has 0 amide bonds. The molecule has 5 heteroatoms. The minimum atomic E-state index is 0.359. The lowest BCUT2D eigenvalue weighted by atomic mass is 10.2. The van der Waals surface area contributed by atoms with Crippen molar-refractivity contribution < 1.29 is 4.74 Å². The van der Waals surface area contributed by atoms with Crippen LogP contribution in [-0.4, -0.2) is 16.7 Å². The molecule has 0 N–H and O–H groups in total. The minimum Gasteiger partial charge on any atom is -0.496 e. The van der Waals surface area contributed by atoms with Gasteiger partial charge in [0.15, 0.2) is 0 Å². The zero-order chi connectivity index (χ0) is 15.0. The molecule has 3 aromatic rings. The molecule has 0 unspecified atom stereocenters. The van der Waals surface area contributed by atoms with Crippen LogP contribution in [0.3, 0.4) is 0 Å². The molecule has 2 aromatic carbocycles. The molecule has 108 valence electrons. The van der Waals surface area contributed by atoms with Crippen LogP contribution < -0.4 is 4.74 Å². The van der Waals surface area contributed by atoms with E-state index in [-0.39, 0.29) is 0 Å². The summed E-state index contributed by atoms with van der Waals surface area (Å²) >= 11 is 9.61. The molecular weight excluding hydrogens is 352 g/mol. The quantitative estimate of drug-likeness (QED) is 0.621. The van der Waals surface area contributed by atoms with Gasteiger partial charge in [0, 0.05) is 5.69 Å². The molecule has 0 saturated heterocycles. The Balaban J connectivity index is 2.30. The van der Waals surface area contributed by atoms with Crippen molar-refractivity contribution in [1.82, 2.24) is 9.55 Å². The fraction of sp³-hybridized carbons (Fsp3) is 0.188. The SMILES string of the molecule is COc1ccc(-n2c(CCl)nc3cccc(C)c32)cc1Br. The van der Waals surface area contributed by atoms with Crippen LogP contribution in [0.4, 0.5) is 0 Å². The van der Waals surface area contributed by atoms with Crippen LogP contribution in [0.2, 0.25) is 0 Å². The number of halogens is 2. The van der Waals surface area contributed by atoms with E-state index in [1.54, 1.807) is 7.11 Å². The molecule has 0 aliphatic heterocycles. The molecule has 0 aliphatic rings. The number of imidazole rings is 1. The highest BCUT2D eigenvalue weighted by Crippen LogP contribution is 2.31. The Kier molecular flexibility index (Phi) is 3.91. The van der Waals surface area contributed by atoms with Crippen molar-refractivity contribution >= 4 is 38.6 Å². The van der Waals surface area contributed by atoms with Crippen LogP contribution in [0.25, 0.3) is 16.7 Å². The molecule has 0 spiro atoms. The second kappa shape index (κ2) is 5.70. The van der Waals surface area contributed by atoms with Gasteiger partial charge >= 0.3 is 0 Å². The largest absolute Gasteiger partial charge is 0.496 e. The van der Waals surface area contributed by atoms with Gasteiger partial charge < -0.3 is 4.74 Å². The molecule has 0 aliphatic carbocycles. The first-order valence-electron chi connectivity index (χ1n) is 6.52. The Labute approximate surface area is 136 Å². The molecule has 1 aromatic heterocycles. The van der Waals surface area contributed by atoms with Gasteiger partial charge in [0.1, 0.15) is 11.6 Å². The van der Waals surface area contributed by atoms with Crippen LogP contribution >= 0.6 is 27.5 Å². The van der Waals surface area contributed by atoms with E-state index in [0.29, 0.717) is 5.88 Å². The second-order valence-electron chi connectivity index (χ2n) is 4.76. The first kappa shape index (κ1) is 14.4. The van der Waals surface area contributed by atoms with Crippen LogP contribution in [0.15, 0.2) is 40.9 Å². The monoisotopic (exact) mass is 364 g/mol. The number of para-hydroxylation sites is 1. The molecule has 3 nitrogen and oxygen atoms in total. The first-order valence-corrected chi connectivity index (χ1v) is 7.85. The summed E-state index contributed by atoms with van der Waals surface area (Å²) in [6, 6.07) is 12.1. The third-order valence-electron chi connectivity index (χ3n) is 3.46. The molecule has 21 heavy (non-hydrogen) atoms. The second-order valence-corrected chi connectivity index (χ2v) is 5.88. The number of hydrogen-bond donors (Lipinski definition) is 0. The summed E-state index contributed by atoms with van der Waals surface area (Å²) in [5, 5.41) is 0. The highest BCUT2D eigenvalue weighted by Gasteiger charge is 2.14. The van der Waals surface area contributed by atoms with Crippen LogP contribution in [0, 0.1) is 6.92 Å². The number of aryl methyl sites for hydroxylation is 1. The zero-order valence-corrected chi connectivity index (χ0v) is 14.1. The lowest BCUT2D eigenvalue weighted by Gasteiger charge is -2.11. The topological polar surface area (TPSA) is 27.1 Å². The summed E-state index contributed by atoms with van der Waals surface area (Å²) in [4.78, 5) is 4.63. The van der Waals surface area contributed by atoms with Gasteiger partial charge in [0.05, 0.1) is 28.5 Å². The van der Waals surface area contributed by atoms with E-state index in [4.69, 9.17) is 16.3 Å². The molecule has 1 heterocycles. The number of alkyl halides is 1. The van der Waals surface area contributed by atoms with Gasteiger partial charge in [0.2, 0.25) is 0 Å². The van der Waals surface area contributed by atoms with Crippen LogP contribution in [-0.2, 0) is 5.88 Å². The summed E-state index contributed by atoms with van der Waals surface area (Å²) in [5.74, 6) is 1.99. The standard InChI is InChI=1S/C16H14BrClN2O/c1-10-4-3-5-13-16(10)20(15(9-18)19-13)11-6-7-14(21-2)12(17)8-11/h3-8H,9H2,1-2H3. The number of ether oxygens (including phenoxy) is 1. The van der Waals surface area contributed by atoms with Gasteiger partial charge in [-0.15, -0.1) is 11.6 Å². The maximum Gasteiger partial charge on any atom is 0.133 e. The number of hydrogen-bond acceptors (Lipinski definition) is 2. The van der Waals surface area contributed by atoms with Gasteiger partial charge in [-0.2, -0.15) is 0 Å². The van der Waals surface area contributed by atoms with E-state index >= 15 is 0 Å². The Morgan fingerprint density at radius 2 is 2.10 bits per heavy atom. The van der Waals surface area contributed by atoms with E-state index < -0.39 is 0 Å². The normalized spacial score (nSPS) is 11.0. The van der Waals surface area contributed by atoms with Crippen molar-refractivity contribution in [1.29, 1.82) is 0 Å². The minimum absolute atomic E-state index is 0.359. The van der Waals surface area contributed by atoms with Gasteiger partial charge in [-0.05, 0) is 52.7 Å². The third kappa shape index (κ3) is 2.43. The number of aromatic nitrogens is 2. The highest BCUT2D eigenvalue weighted by atomic mass is 79.9. The number of fused-ring (bicyclic) bond motifs is 1. The maximum atomic E-state index is 6.08. The molecule has 0 radical (unpaired) electrons. The van der Waals surface area contributed by atoms with Gasteiger partial charge in [-0.3, -0.25) is 4.57 Å². The average Bonchev–Trinajstić information content (AvgIpc) is 2.87. The zero-order valence-electron chi connectivity index (χ0n) is 11.7. The van der Waals surface area contributed by atoms with Gasteiger partial charge in [0.25, 0.3) is 0 Å². The van der Waals surface area contributed by atoms with Gasteiger partial charge in [-0.25, -0.2) is 4.98 Å². The summed E-state index contributed by atoms with van der Waals surface area (Å²) in [6.07, 6.45) is 0. The van der Waals surface area contributed by atoms with E-state index in [2.05, 4.69) is 38.5 Å².